The first-order valence-electron chi connectivity index (χ1n) is 5.55. The molecule has 0 atom stereocenters. The number of anilines is 1. The summed E-state index contributed by atoms with van der Waals surface area (Å²) in [6, 6.07) is 7.78. The average molecular weight is 278 g/mol. The van der Waals surface area contributed by atoms with Gasteiger partial charge in [-0.1, -0.05) is 23.9 Å². The van der Waals surface area contributed by atoms with E-state index in [1.54, 1.807) is 11.3 Å². The molecule has 0 aliphatic heterocycles. The third-order valence-electron chi connectivity index (χ3n) is 2.23. The van der Waals surface area contributed by atoms with Crippen LogP contribution in [-0.2, 0) is 4.79 Å². The van der Waals surface area contributed by atoms with Gasteiger partial charge in [-0.25, -0.2) is 4.98 Å². The molecular weight excluding hydrogens is 264 g/mol. The molecule has 1 N–H and O–H groups in total. The number of hydrogen-bond donors (Lipinski definition) is 1. The number of hydrogen-bond acceptors (Lipinski definition) is 4. The molecule has 0 unspecified atom stereocenters. The largest absolute Gasteiger partial charge is 0.325 e. The van der Waals surface area contributed by atoms with Gasteiger partial charge in [-0.05, 0) is 31.5 Å². The first kappa shape index (κ1) is 13.1. The van der Waals surface area contributed by atoms with E-state index in [1.165, 1.54) is 11.8 Å². The molecule has 1 heterocycles. The highest BCUT2D eigenvalue weighted by atomic mass is 32.2. The summed E-state index contributed by atoms with van der Waals surface area (Å²) in [6.45, 7) is 3.95. The van der Waals surface area contributed by atoms with Gasteiger partial charge in [0.1, 0.15) is 0 Å². The number of carbonyl (C=O) groups is 1. The molecule has 0 saturated carbocycles. The molecule has 0 fully saturated rings. The summed E-state index contributed by atoms with van der Waals surface area (Å²) in [6.07, 6.45) is 0. The Morgan fingerprint density at radius 2 is 2.28 bits per heavy atom. The molecule has 0 saturated heterocycles. The van der Waals surface area contributed by atoms with Gasteiger partial charge in [0.2, 0.25) is 5.91 Å². The van der Waals surface area contributed by atoms with E-state index in [2.05, 4.69) is 10.3 Å². The molecule has 0 bridgehead atoms. The van der Waals surface area contributed by atoms with E-state index >= 15 is 0 Å². The Labute approximate surface area is 115 Å². The summed E-state index contributed by atoms with van der Waals surface area (Å²) in [5.74, 6) is 0.388. The average Bonchev–Trinajstić information content (AvgIpc) is 2.73. The summed E-state index contributed by atoms with van der Waals surface area (Å²) >= 11 is 3.04. The van der Waals surface area contributed by atoms with Crippen molar-refractivity contribution in [2.45, 2.75) is 18.2 Å². The van der Waals surface area contributed by atoms with Crippen molar-refractivity contribution in [3.63, 3.8) is 0 Å². The Kier molecular flexibility index (Phi) is 4.38. The van der Waals surface area contributed by atoms with Crippen LogP contribution in [0, 0.1) is 13.8 Å². The van der Waals surface area contributed by atoms with Crippen molar-refractivity contribution in [2.75, 3.05) is 11.1 Å². The van der Waals surface area contributed by atoms with Crippen LogP contribution in [0.25, 0.3) is 0 Å². The number of aryl methyl sites for hydroxylation is 2. The van der Waals surface area contributed by atoms with Gasteiger partial charge < -0.3 is 5.32 Å². The number of carbonyl (C=O) groups excluding carboxylic acids is 1. The van der Waals surface area contributed by atoms with Gasteiger partial charge in [0.25, 0.3) is 0 Å². The molecule has 1 aromatic heterocycles. The minimum absolute atomic E-state index is 0.00143. The Bertz CT molecular complexity index is 551. The Morgan fingerprint density at radius 3 is 2.94 bits per heavy atom. The zero-order chi connectivity index (χ0) is 13.0. The molecule has 2 aromatic rings. The lowest BCUT2D eigenvalue weighted by Gasteiger charge is -2.04. The summed E-state index contributed by atoms with van der Waals surface area (Å²) in [5, 5.41) is 4.86. The number of aromatic nitrogens is 1. The number of nitrogens with zero attached hydrogens (tertiary/aromatic N) is 1. The fraction of sp³-hybridized carbons (Fsp3) is 0.231. The highest BCUT2D eigenvalue weighted by molar-refractivity contribution is 8.01. The minimum Gasteiger partial charge on any atom is -0.325 e. The number of thioether (sulfide) groups is 1. The summed E-state index contributed by atoms with van der Waals surface area (Å²) in [7, 11) is 0. The van der Waals surface area contributed by atoms with Gasteiger partial charge >= 0.3 is 0 Å². The second-order valence-electron chi connectivity index (χ2n) is 3.96. The van der Waals surface area contributed by atoms with Crippen LogP contribution in [0.2, 0.25) is 0 Å². The van der Waals surface area contributed by atoms with Crippen LogP contribution >= 0.6 is 23.1 Å². The molecule has 0 aliphatic rings. The maximum Gasteiger partial charge on any atom is 0.234 e. The molecular formula is C13H14N2OS2. The zero-order valence-electron chi connectivity index (χ0n) is 10.3. The number of thiazole rings is 1. The van der Waals surface area contributed by atoms with Crippen molar-refractivity contribution >= 4 is 34.7 Å². The predicted octanol–water partition coefficient (Wildman–Crippen LogP) is 3.49. The van der Waals surface area contributed by atoms with Crippen LogP contribution in [0.3, 0.4) is 0 Å². The highest BCUT2D eigenvalue weighted by Gasteiger charge is 2.06. The number of amides is 1. The third kappa shape index (κ3) is 3.85. The summed E-state index contributed by atoms with van der Waals surface area (Å²) in [5.41, 5.74) is 2.98. The van der Waals surface area contributed by atoms with Gasteiger partial charge in [0.05, 0.1) is 5.75 Å². The zero-order valence-corrected chi connectivity index (χ0v) is 11.9. The number of rotatable bonds is 4. The van der Waals surface area contributed by atoms with Crippen LogP contribution in [0.4, 0.5) is 5.69 Å². The van der Waals surface area contributed by atoms with Crippen LogP contribution < -0.4 is 5.32 Å². The van der Waals surface area contributed by atoms with Gasteiger partial charge in [0, 0.05) is 16.8 Å². The van der Waals surface area contributed by atoms with Gasteiger partial charge in [-0.3, -0.25) is 4.79 Å². The SMILES string of the molecule is Cc1cccc(NC(=O)CSc2nc(C)cs2)c1. The fourth-order valence-corrected chi connectivity index (χ4v) is 3.10. The maximum atomic E-state index is 11.7. The van der Waals surface area contributed by atoms with Crippen LogP contribution in [0.15, 0.2) is 34.0 Å². The lowest BCUT2D eigenvalue weighted by Crippen LogP contribution is -2.13. The molecule has 0 spiro atoms. The molecule has 18 heavy (non-hydrogen) atoms. The molecule has 5 heteroatoms. The van der Waals surface area contributed by atoms with Crippen molar-refractivity contribution < 1.29 is 4.79 Å². The van der Waals surface area contributed by atoms with E-state index in [0.717, 1.165) is 21.3 Å². The second-order valence-corrected chi connectivity index (χ2v) is 6.04. The highest BCUT2D eigenvalue weighted by Crippen LogP contribution is 2.22. The van der Waals surface area contributed by atoms with Crippen LogP contribution in [0.1, 0.15) is 11.3 Å². The standard InChI is InChI=1S/C13H14N2OS2/c1-9-4-3-5-11(6-9)15-12(16)8-18-13-14-10(2)7-17-13/h3-7H,8H2,1-2H3,(H,15,16). The molecule has 2 rings (SSSR count). The molecule has 1 aromatic carbocycles. The summed E-state index contributed by atoms with van der Waals surface area (Å²) < 4.78 is 0.937. The topological polar surface area (TPSA) is 42.0 Å². The quantitative estimate of drug-likeness (QED) is 0.870. The van der Waals surface area contributed by atoms with E-state index in [4.69, 9.17) is 0 Å². The van der Waals surface area contributed by atoms with E-state index in [-0.39, 0.29) is 5.91 Å². The summed E-state index contributed by atoms with van der Waals surface area (Å²) in [4.78, 5) is 16.1. The van der Waals surface area contributed by atoms with E-state index in [1.807, 2.05) is 43.5 Å². The maximum absolute atomic E-state index is 11.7. The molecule has 3 nitrogen and oxygen atoms in total. The number of benzene rings is 1. The lowest BCUT2D eigenvalue weighted by molar-refractivity contribution is -0.113. The Morgan fingerprint density at radius 1 is 1.44 bits per heavy atom. The van der Waals surface area contributed by atoms with Crippen LogP contribution in [0.5, 0.6) is 0 Å². The minimum atomic E-state index is -0.00143. The first-order chi connectivity index (χ1) is 8.63. The van der Waals surface area contributed by atoms with Gasteiger partial charge in [0.15, 0.2) is 4.34 Å². The Hall–Kier alpha value is -1.33. The van der Waals surface area contributed by atoms with Crippen molar-refractivity contribution in [3.05, 3.63) is 40.9 Å². The fourth-order valence-electron chi connectivity index (χ4n) is 1.45. The monoisotopic (exact) mass is 278 g/mol. The van der Waals surface area contributed by atoms with Crippen molar-refractivity contribution in [1.82, 2.24) is 4.98 Å². The lowest BCUT2D eigenvalue weighted by atomic mass is 10.2. The normalized spacial score (nSPS) is 10.3. The van der Waals surface area contributed by atoms with Crippen molar-refractivity contribution in [1.29, 1.82) is 0 Å². The molecule has 0 aliphatic carbocycles. The van der Waals surface area contributed by atoms with E-state index in [0.29, 0.717) is 5.75 Å². The predicted molar refractivity (Wildman–Crippen MR) is 77.4 cm³/mol. The molecule has 94 valence electrons. The van der Waals surface area contributed by atoms with Gasteiger partial charge in [-0.2, -0.15) is 0 Å². The number of nitrogens with one attached hydrogen (secondary N) is 1. The molecule has 1 amide bonds. The van der Waals surface area contributed by atoms with Crippen molar-refractivity contribution in [3.8, 4) is 0 Å². The van der Waals surface area contributed by atoms with Gasteiger partial charge in [-0.15, -0.1) is 11.3 Å². The van der Waals surface area contributed by atoms with Crippen LogP contribution in [-0.4, -0.2) is 16.6 Å². The second kappa shape index (κ2) is 6.02. The first-order valence-corrected chi connectivity index (χ1v) is 7.41. The smallest absolute Gasteiger partial charge is 0.234 e. The molecule has 0 radical (unpaired) electrons. The van der Waals surface area contributed by atoms with Crippen molar-refractivity contribution in [2.24, 2.45) is 0 Å². The third-order valence-corrected chi connectivity index (χ3v) is 4.37. The van der Waals surface area contributed by atoms with E-state index in [9.17, 15) is 4.79 Å². The Balaban J connectivity index is 1.85. The van der Waals surface area contributed by atoms with E-state index < -0.39 is 0 Å².